The Morgan fingerprint density at radius 1 is 1.06 bits per heavy atom. The third kappa shape index (κ3) is 5.82. The van der Waals surface area contributed by atoms with Crippen molar-refractivity contribution in [2.75, 3.05) is 26.1 Å². The number of amides is 2. The van der Waals surface area contributed by atoms with Crippen molar-refractivity contribution in [3.63, 3.8) is 0 Å². The van der Waals surface area contributed by atoms with Crippen LogP contribution in [0.1, 0.15) is 29.4 Å². The fraction of sp³-hybridized carbons (Fsp3) is 0.261. The van der Waals surface area contributed by atoms with E-state index in [0.29, 0.717) is 35.0 Å². The van der Waals surface area contributed by atoms with Crippen molar-refractivity contribution < 1.29 is 19.1 Å². The molecule has 0 unspecified atom stereocenters. The summed E-state index contributed by atoms with van der Waals surface area (Å²) in [4.78, 5) is 29.2. The minimum Gasteiger partial charge on any atom is -0.493 e. The van der Waals surface area contributed by atoms with Crippen LogP contribution in [0.4, 0.5) is 5.69 Å². The molecule has 0 saturated carbocycles. The highest BCUT2D eigenvalue weighted by atomic mass is 32.1. The first kappa shape index (κ1) is 22.3. The Hall–Kier alpha value is -3.39. The second-order valence-corrected chi connectivity index (χ2v) is 7.63. The van der Waals surface area contributed by atoms with E-state index in [1.807, 2.05) is 30.5 Å². The lowest BCUT2D eigenvalue weighted by atomic mass is 10.2. The molecule has 1 aromatic heterocycles. The maximum atomic E-state index is 12.5. The van der Waals surface area contributed by atoms with Gasteiger partial charge in [-0.25, -0.2) is 4.98 Å². The van der Waals surface area contributed by atoms with Crippen molar-refractivity contribution in [1.82, 2.24) is 10.3 Å². The maximum absolute atomic E-state index is 12.5. The fourth-order valence-electron chi connectivity index (χ4n) is 2.94. The summed E-state index contributed by atoms with van der Waals surface area (Å²) in [5.41, 5.74) is 2.64. The Labute approximate surface area is 185 Å². The predicted octanol–water partition coefficient (Wildman–Crippen LogP) is 4.15. The number of aromatic nitrogens is 1. The molecule has 0 bridgehead atoms. The highest BCUT2D eigenvalue weighted by Crippen LogP contribution is 2.33. The topological polar surface area (TPSA) is 89.6 Å². The Balaban J connectivity index is 1.65. The molecular weight excluding hydrogens is 414 g/mol. The number of methoxy groups -OCH3 is 2. The second kappa shape index (κ2) is 10.6. The van der Waals surface area contributed by atoms with Crippen molar-refractivity contribution in [3.8, 4) is 22.1 Å². The van der Waals surface area contributed by atoms with Gasteiger partial charge in [-0.2, -0.15) is 0 Å². The van der Waals surface area contributed by atoms with Gasteiger partial charge in [-0.1, -0.05) is 13.0 Å². The summed E-state index contributed by atoms with van der Waals surface area (Å²) in [6, 6.07) is 12.5. The molecule has 0 aliphatic rings. The van der Waals surface area contributed by atoms with Crippen LogP contribution < -0.4 is 20.1 Å². The molecule has 3 aromatic rings. The number of carbonyl (C=O) groups is 2. The molecule has 3 rings (SSSR count). The zero-order chi connectivity index (χ0) is 22.2. The van der Waals surface area contributed by atoms with Gasteiger partial charge >= 0.3 is 0 Å². The minimum atomic E-state index is -0.199. The molecular formula is C23H25N3O4S. The molecule has 0 spiro atoms. The van der Waals surface area contributed by atoms with Gasteiger partial charge in [0, 0.05) is 28.7 Å². The maximum Gasteiger partial charge on any atom is 0.251 e. The van der Waals surface area contributed by atoms with E-state index >= 15 is 0 Å². The number of thiazole rings is 1. The lowest BCUT2D eigenvalue weighted by Gasteiger charge is -2.08. The van der Waals surface area contributed by atoms with Crippen molar-refractivity contribution in [1.29, 1.82) is 0 Å². The zero-order valence-corrected chi connectivity index (χ0v) is 18.5. The highest BCUT2D eigenvalue weighted by molar-refractivity contribution is 7.13. The van der Waals surface area contributed by atoms with Crippen molar-refractivity contribution in [2.45, 2.75) is 19.8 Å². The Morgan fingerprint density at radius 3 is 2.61 bits per heavy atom. The van der Waals surface area contributed by atoms with Crippen LogP contribution in [0.5, 0.6) is 11.5 Å². The van der Waals surface area contributed by atoms with Gasteiger partial charge in [0.2, 0.25) is 5.91 Å². The van der Waals surface area contributed by atoms with Crippen LogP contribution in [0.3, 0.4) is 0 Å². The Kier molecular flexibility index (Phi) is 7.61. The first-order chi connectivity index (χ1) is 15.0. The van der Waals surface area contributed by atoms with Crippen molar-refractivity contribution in [3.05, 3.63) is 59.1 Å². The van der Waals surface area contributed by atoms with E-state index in [1.165, 1.54) is 11.3 Å². The largest absolute Gasteiger partial charge is 0.493 e. The zero-order valence-electron chi connectivity index (χ0n) is 17.7. The predicted molar refractivity (Wildman–Crippen MR) is 122 cm³/mol. The summed E-state index contributed by atoms with van der Waals surface area (Å²) in [7, 11) is 3.17. The summed E-state index contributed by atoms with van der Waals surface area (Å²) in [5, 5.41) is 8.31. The van der Waals surface area contributed by atoms with E-state index in [0.717, 1.165) is 17.0 Å². The summed E-state index contributed by atoms with van der Waals surface area (Å²) in [6.07, 6.45) is 0.997. The van der Waals surface area contributed by atoms with Crippen LogP contribution in [-0.2, 0) is 11.2 Å². The summed E-state index contributed by atoms with van der Waals surface area (Å²) in [5.74, 6) is 0.914. The van der Waals surface area contributed by atoms with Crippen molar-refractivity contribution >= 4 is 28.8 Å². The Bertz CT molecular complexity index is 1060. The molecule has 7 nitrogen and oxygen atoms in total. The van der Waals surface area contributed by atoms with Crippen LogP contribution in [-0.4, -0.2) is 37.6 Å². The number of hydrogen-bond donors (Lipinski definition) is 2. The lowest BCUT2D eigenvalue weighted by molar-refractivity contribution is -0.115. The van der Waals surface area contributed by atoms with Crippen LogP contribution >= 0.6 is 11.3 Å². The molecule has 31 heavy (non-hydrogen) atoms. The normalized spacial score (nSPS) is 10.4. The first-order valence-electron chi connectivity index (χ1n) is 9.89. The SMILES string of the molecule is CCCNC(=O)c1cccc(NC(=O)Cc2csc(-c3ccc(OC)c(OC)c3)n2)c1. The van der Waals surface area contributed by atoms with Crippen LogP contribution in [0.2, 0.25) is 0 Å². The van der Waals surface area contributed by atoms with Gasteiger partial charge in [0.15, 0.2) is 11.5 Å². The van der Waals surface area contributed by atoms with Crippen LogP contribution in [0.25, 0.3) is 10.6 Å². The second-order valence-electron chi connectivity index (χ2n) is 6.78. The fourth-order valence-corrected chi connectivity index (χ4v) is 3.76. The highest BCUT2D eigenvalue weighted by Gasteiger charge is 2.13. The summed E-state index contributed by atoms with van der Waals surface area (Å²) in [6.45, 7) is 2.60. The van der Waals surface area contributed by atoms with E-state index in [-0.39, 0.29) is 18.2 Å². The number of anilines is 1. The molecule has 0 atom stereocenters. The van der Waals surface area contributed by atoms with Gasteiger partial charge in [0.05, 0.1) is 26.3 Å². The molecule has 0 fully saturated rings. The number of benzene rings is 2. The average Bonchev–Trinajstić information content (AvgIpc) is 3.25. The number of rotatable bonds is 9. The average molecular weight is 440 g/mol. The molecule has 2 amide bonds. The number of nitrogens with zero attached hydrogens (tertiary/aromatic N) is 1. The third-order valence-corrected chi connectivity index (χ3v) is 5.41. The number of carbonyl (C=O) groups excluding carboxylic acids is 2. The standard InChI is InChI=1S/C23H25N3O4S/c1-4-10-24-22(28)15-6-5-7-17(11-15)25-21(27)13-18-14-31-23(26-18)16-8-9-19(29-2)20(12-16)30-3/h5-9,11-12,14H,4,10,13H2,1-3H3,(H,24,28)(H,25,27). The molecule has 2 N–H and O–H groups in total. The lowest BCUT2D eigenvalue weighted by Crippen LogP contribution is -2.24. The number of ether oxygens (including phenoxy) is 2. The van der Waals surface area contributed by atoms with Gasteiger partial charge in [0.25, 0.3) is 5.91 Å². The first-order valence-corrected chi connectivity index (χ1v) is 10.8. The van der Waals surface area contributed by atoms with E-state index in [2.05, 4.69) is 15.6 Å². The van der Waals surface area contributed by atoms with Crippen LogP contribution in [0.15, 0.2) is 47.8 Å². The van der Waals surface area contributed by atoms with E-state index < -0.39 is 0 Å². The number of nitrogens with one attached hydrogen (secondary N) is 2. The molecule has 0 radical (unpaired) electrons. The van der Waals surface area contributed by atoms with Gasteiger partial charge < -0.3 is 20.1 Å². The third-order valence-electron chi connectivity index (χ3n) is 4.47. The van der Waals surface area contributed by atoms with Gasteiger partial charge in [-0.3, -0.25) is 9.59 Å². The van der Waals surface area contributed by atoms with E-state index in [4.69, 9.17) is 9.47 Å². The van der Waals surface area contributed by atoms with E-state index in [9.17, 15) is 9.59 Å². The molecule has 0 aliphatic heterocycles. The molecule has 162 valence electrons. The molecule has 0 saturated heterocycles. The van der Waals surface area contributed by atoms with Crippen LogP contribution in [0, 0.1) is 0 Å². The monoisotopic (exact) mass is 439 g/mol. The molecule has 2 aromatic carbocycles. The van der Waals surface area contributed by atoms with Gasteiger partial charge in [0.1, 0.15) is 5.01 Å². The molecule has 8 heteroatoms. The quantitative estimate of drug-likeness (QED) is 0.523. The molecule has 1 heterocycles. The summed E-state index contributed by atoms with van der Waals surface area (Å²) < 4.78 is 10.6. The smallest absolute Gasteiger partial charge is 0.251 e. The number of hydrogen-bond acceptors (Lipinski definition) is 6. The van der Waals surface area contributed by atoms with Crippen molar-refractivity contribution in [2.24, 2.45) is 0 Å². The Morgan fingerprint density at radius 2 is 1.87 bits per heavy atom. The van der Waals surface area contributed by atoms with Gasteiger partial charge in [-0.05, 0) is 42.8 Å². The van der Waals surface area contributed by atoms with Gasteiger partial charge in [-0.15, -0.1) is 11.3 Å². The summed E-state index contributed by atoms with van der Waals surface area (Å²) >= 11 is 1.46. The molecule has 0 aliphatic carbocycles. The minimum absolute atomic E-state index is 0.135. The van der Waals surface area contributed by atoms with E-state index in [1.54, 1.807) is 38.5 Å².